The zero-order chi connectivity index (χ0) is 13.2. The molecule has 2 fully saturated rings. The summed E-state index contributed by atoms with van der Waals surface area (Å²) in [7, 11) is 0. The van der Waals surface area contributed by atoms with Crippen molar-refractivity contribution in [1.29, 1.82) is 0 Å². The van der Waals surface area contributed by atoms with Crippen LogP contribution in [0.15, 0.2) is 18.2 Å². The number of benzene rings is 1. The van der Waals surface area contributed by atoms with Crippen LogP contribution in [0.1, 0.15) is 30.9 Å². The molecule has 5 heteroatoms. The summed E-state index contributed by atoms with van der Waals surface area (Å²) in [5.74, 6) is 0.386. The van der Waals surface area contributed by atoms with Gasteiger partial charge in [-0.3, -0.25) is 4.90 Å². The summed E-state index contributed by atoms with van der Waals surface area (Å²) in [5.41, 5.74) is 1.09. The number of piperazine rings is 1. The maximum Gasteiger partial charge on any atom is 0.142 e. The highest BCUT2D eigenvalue weighted by Crippen LogP contribution is 2.41. The van der Waals surface area contributed by atoms with E-state index in [1.165, 1.54) is 19.3 Å². The summed E-state index contributed by atoms with van der Waals surface area (Å²) < 4.78 is 13.7. The van der Waals surface area contributed by atoms with Crippen molar-refractivity contribution >= 4 is 24.0 Å². The van der Waals surface area contributed by atoms with Gasteiger partial charge in [-0.15, -0.1) is 12.4 Å². The van der Waals surface area contributed by atoms with E-state index in [0.717, 1.165) is 31.7 Å². The average Bonchev–Trinajstić information content (AvgIpc) is 2.38. The quantitative estimate of drug-likeness (QED) is 0.915. The molecule has 1 aromatic rings. The molecule has 0 bridgehead atoms. The Kier molecular flexibility index (Phi) is 5.67. The molecule has 20 heavy (non-hydrogen) atoms. The van der Waals surface area contributed by atoms with Crippen molar-refractivity contribution in [2.45, 2.75) is 25.3 Å². The number of hydrogen-bond acceptors (Lipinski definition) is 2. The first-order valence-electron chi connectivity index (χ1n) is 7.15. The lowest BCUT2D eigenvalue weighted by molar-refractivity contribution is 0.0835. The molecule has 1 atom stereocenters. The van der Waals surface area contributed by atoms with Gasteiger partial charge in [0.2, 0.25) is 0 Å². The molecule has 0 aromatic heterocycles. The Morgan fingerprint density at radius 3 is 2.50 bits per heavy atom. The second-order valence-corrected chi connectivity index (χ2v) is 6.00. The summed E-state index contributed by atoms with van der Waals surface area (Å²) in [6.07, 6.45) is 3.83. The summed E-state index contributed by atoms with van der Waals surface area (Å²) in [6, 6.07) is 5.69. The predicted octanol–water partition coefficient (Wildman–Crippen LogP) is 3.65. The lowest BCUT2D eigenvalue weighted by Gasteiger charge is -2.43. The molecule has 112 valence electrons. The Morgan fingerprint density at radius 1 is 1.25 bits per heavy atom. The lowest BCUT2D eigenvalue weighted by Crippen LogP contribution is -2.47. The van der Waals surface area contributed by atoms with E-state index >= 15 is 0 Å². The molecule has 2 nitrogen and oxygen atoms in total. The number of rotatable bonds is 3. The fourth-order valence-corrected chi connectivity index (χ4v) is 3.31. The van der Waals surface area contributed by atoms with Crippen molar-refractivity contribution in [2.24, 2.45) is 5.92 Å². The molecule has 1 N–H and O–H groups in total. The van der Waals surface area contributed by atoms with Gasteiger partial charge in [-0.05, 0) is 36.5 Å². The first-order chi connectivity index (χ1) is 9.25. The van der Waals surface area contributed by atoms with Crippen LogP contribution in [-0.4, -0.2) is 31.1 Å². The maximum absolute atomic E-state index is 13.7. The van der Waals surface area contributed by atoms with Gasteiger partial charge in [0.1, 0.15) is 5.82 Å². The predicted molar refractivity (Wildman–Crippen MR) is 83.2 cm³/mol. The molecule has 0 radical (unpaired) electrons. The Hall–Kier alpha value is -0.350. The molecule has 1 aliphatic heterocycles. The topological polar surface area (TPSA) is 15.3 Å². The number of nitrogens with zero attached hydrogens (tertiary/aromatic N) is 1. The SMILES string of the molecule is Cl.Fc1cc([C@@H](C2CCC2)N2CCNCC2)ccc1Cl. The summed E-state index contributed by atoms with van der Waals surface area (Å²) >= 11 is 5.80. The highest BCUT2D eigenvalue weighted by molar-refractivity contribution is 6.30. The van der Waals surface area contributed by atoms with Crippen LogP contribution in [0.4, 0.5) is 4.39 Å². The normalized spacial score (nSPS) is 21.9. The van der Waals surface area contributed by atoms with Crippen molar-refractivity contribution in [1.82, 2.24) is 10.2 Å². The van der Waals surface area contributed by atoms with Crippen LogP contribution >= 0.6 is 24.0 Å². The molecule has 0 spiro atoms. The second-order valence-electron chi connectivity index (χ2n) is 5.60. The van der Waals surface area contributed by atoms with Crippen molar-refractivity contribution in [3.63, 3.8) is 0 Å². The third-order valence-corrected chi connectivity index (χ3v) is 4.73. The van der Waals surface area contributed by atoms with Crippen LogP contribution in [0.5, 0.6) is 0 Å². The van der Waals surface area contributed by atoms with Crippen molar-refractivity contribution in [3.05, 3.63) is 34.6 Å². The van der Waals surface area contributed by atoms with Crippen LogP contribution in [0.3, 0.4) is 0 Å². The summed E-state index contributed by atoms with van der Waals surface area (Å²) in [4.78, 5) is 2.50. The lowest BCUT2D eigenvalue weighted by atomic mass is 9.76. The molecule has 3 rings (SSSR count). The van der Waals surface area contributed by atoms with E-state index in [1.54, 1.807) is 12.1 Å². The van der Waals surface area contributed by atoms with Gasteiger partial charge < -0.3 is 5.32 Å². The molecule has 1 aromatic carbocycles. The third-order valence-electron chi connectivity index (χ3n) is 4.43. The van der Waals surface area contributed by atoms with E-state index in [1.807, 2.05) is 6.07 Å². The third kappa shape index (κ3) is 3.28. The molecule has 2 aliphatic rings. The van der Waals surface area contributed by atoms with Crippen LogP contribution in [0, 0.1) is 11.7 Å². The van der Waals surface area contributed by atoms with Gasteiger partial charge in [0.15, 0.2) is 0 Å². The van der Waals surface area contributed by atoms with E-state index in [2.05, 4.69) is 10.2 Å². The van der Waals surface area contributed by atoms with Crippen LogP contribution in [0.25, 0.3) is 0 Å². The van der Waals surface area contributed by atoms with Gasteiger partial charge in [0.25, 0.3) is 0 Å². The van der Waals surface area contributed by atoms with Gasteiger partial charge in [0.05, 0.1) is 5.02 Å². The van der Waals surface area contributed by atoms with Crippen molar-refractivity contribution in [2.75, 3.05) is 26.2 Å². The van der Waals surface area contributed by atoms with E-state index in [4.69, 9.17) is 11.6 Å². The monoisotopic (exact) mass is 318 g/mol. The maximum atomic E-state index is 13.7. The summed E-state index contributed by atoms with van der Waals surface area (Å²) in [5, 5.41) is 3.60. The minimum absolute atomic E-state index is 0. The number of nitrogens with one attached hydrogen (secondary N) is 1. The standard InChI is InChI=1S/C15H20ClFN2.ClH/c16-13-5-4-12(10-14(13)17)15(11-2-1-3-11)19-8-6-18-7-9-19;/h4-5,10-11,15,18H,1-3,6-9H2;1H/t15-;/m1./s1. The fraction of sp³-hybridized carbons (Fsp3) is 0.600. The minimum Gasteiger partial charge on any atom is -0.314 e. The molecule has 1 heterocycles. The zero-order valence-electron chi connectivity index (χ0n) is 11.4. The van der Waals surface area contributed by atoms with Crippen LogP contribution in [0.2, 0.25) is 5.02 Å². The molecule has 0 unspecified atom stereocenters. The molecular weight excluding hydrogens is 298 g/mol. The van der Waals surface area contributed by atoms with E-state index in [9.17, 15) is 4.39 Å². The molecule has 1 saturated carbocycles. The van der Waals surface area contributed by atoms with Gasteiger partial charge >= 0.3 is 0 Å². The molecule has 0 amide bonds. The highest BCUT2D eigenvalue weighted by atomic mass is 35.5. The number of hydrogen-bond donors (Lipinski definition) is 1. The Balaban J connectivity index is 0.00000147. The van der Waals surface area contributed by atoms with Gasteiger partial charge in [-0.25, -0.2) is 4.39 Å². The molecular formula is C15H21Cl2FN2. The minimum atomic E-state index is -0.293. The van der Waals surface area contributed by atoms with Gasteiger partial charge in [0, 0.05) is 32.2 Å². The average molecular weight is 319 g/mol. The van der Waals surface area contributed by atoms with Gasteiger partial charge in [-0.2, -0.15) is 0 Å². The smallest absolute Gasteiger partial charge is 0.142 e. The molecule has 1 saturated heterocycles. The van der Waals surface area contributed by atoms with E-state index in [0.29, 0.717) is 12.0 Å². The second kappa shape index (κ2) is 7.08. The Bertz CT molecular complexity index is 445. The fourth-order valence-electron chi connectivity index (χ4n) is 3.19. The van der Waals surface area contributed by atoms with Crippen molar-refractivity contribution < 1.29 is 4.39 Å². The first-order valence-corrected chi connectivity index (χ1v) is 7.53. The largest absolute Gasteiger partial charge is 0.314 e. The Labute approximate surface area is 131 Å². The number of halogens is 3. The van der Waals surface area contributed by atoms with Crippen molar-refractivity contribution in [3.8, 4) is 0 Å². The van der Waals surface area contributed by atoms with E-state index in [-0.39, 0.29) is 23.2 Å². The van der Waals surface area contributed by atoms with E-state index < -0.39 is 0 Å². The van der Waals surface area contributed by atoms with Crippen LogP contribution in [-0.2, 0) is 0 Å². The molecule has 1 aliphatic carbocycles. The summed E-state index contributed by atoms with van der Waals surface area (Å²) in [6.45, 7) is 4.15. The zero-order valence-corrected chi connectivity index (χ0v) is 13.0. The highest BCUT2D eigenvalue weighted by Gasteiger charge is 2.33. The first kappa shape index (κ1) is 16.0. The van der Waals surface area contributed by atoms with Crippen LogP contribution < -0.4 is 5.32 Å². The van der Waals surface area contributed by atoms with Gasteiger partial charge in [-0.1, -0.05) is 24.1 Å². The Morgan fingerprint density at radius 2 is 1.95 bits per heavy atom.